The fourth-order valence-corrected chi connectivity index (χ4v) is 5.72. The number of benzene rings is 2. The Kier molecular flexibility index (Phi) is 6.13. The Balaban J connectivity index is 1.25. The van der Waals surface area contributed by atoms with Crippen LogP contribution >= 0.6 is 0 Å². The van der Waals surface area contributed by atoms with Gasteiger partial charge in [-0.05, 0) is 37.1 Å². The van der Waals surface area contributed by atoms with E-state index in [0.29, 0.717) is 34.3 Å². The fraction of sp³-hybridized carbons (Fsp3) is 0.240. The predicted octanol–water partition coefficient (Wildman–Crippen LogP) is 4.87. The van der Waals surface area contributed by atoms with Gasteiger partial charge in [-0.1, -0.05) is 30.3 Å². The van der Waals surface area contributed by atoms with Crippen molar-refractivity contribution in [2.24, 2.45) is 0 Å². The quantitative estimate of drug-likeness (QED) is 0.349. The van der Waals surface area contributed by atoms with E-state index in [-0.39, 0.29) is 30.3 Å². The summed E-state index contributed by atoms with van der Waals surface area (Å²) < 4.78 is 71.2. The Morgan fingerprint density at radius 2 is 1.81 bits per heavy atom. The van der Waals surface area contributed by atoms with Crippen molar-refractivity contribution in [1.82, 2.24) is 14.3 Å². The summed E-state index contributed by atoms with van der Waals surface area (Å²) in [5.74, 6) is -0.240. The smallest absolute Gasteiger partial charge is 0.416 e. The van der Waals surface area contributed by atoms with Crippen LogP contribution in [0.4, 0.5) is 13.2 Å². The molecule has 11 heteroatoms. The highest BCUT2D eigenvalue weighted by atomic mass is 32.2. The zero-order valence-corrected chi connectivity index (χ0v) is 19.6. The van der Waals surface area contributed by atoms with Crippen molar-refractivity contribution in [1.29, 1.82) is 0 Å². The molecule has 0 aliphatic carbocycles. The molecule has 1 atom stereocenters. The lowest BCUT2D eigenvalue weighted by Crippen LogP contribution is -2.54. The maximum absolute atomic E-state index is 13.0. The molecule has 3 heterocycles. The zero-order valence-electron chi connectivity index (χ0n) is 18.8. The van der Waals surface area contributed by atoms with Crippen molar-refractivity contribution in [3.05, 3.63) is 78.2 Å². The van der Waals surface area contributed by atoms with Crippen LogP contribution < -0.4 is 0 Å². The number of ketones is 1. The summed E-state index contributed by atoms with van der Waals surface area (Å²) in [6.07, 6.45) is -2.43. The molecule has 5 rings (SSSR count). The maximum Gasteiger partial charge on any atom is 0.416 e. The van der Waals surface area contributed by atoms with Gasteiger partial charge in [-0.15, -0.1) is 0 Å². The van der Waals surface area contributed by atoms with Crippen molar-refractivity contribution in [3.8, 4) is 11.3 Å². The molecule has 2 aromatic carbocycles. The average Bonchev–Trinajstić information content (AvgIpc) is 3.27. The van der Waals surface area contributed by atoms with Gasteiger partial charge in [0.15, 0.2) is 5.78 Å². The molecule has 36 heavy (non-hydrogen) atoms. The molecule has 186 valence electrons. The lowest BCUT2D eigenvalue weighted by Gasteiger charge is -2.37. The van der Waals surface area contributed by atoms with Crippen LogP contribution in [0, 0.1) is 0 Å². The Hall–Kier alpha value is -3.57. The number of carbonyl (C=O) groups excluding carboxylic acids is 1. The van der Waals surface area contributed by atoms with E-state index < -0.39 is 27.8 Å². The van der Waals surface area contributed by atoms with Gasteiger partial charge in [0, 0.05) is 35.7 Å². The van der Waals surface area contributed by atoms with E-state index in [4.69, 9.17) is 4.42 Å². The van der Waals surface area contributed by atoms with Crippen molar-refractivity contribution < 1.29 is 30.8 Å². The molecular weight excluding hydrogens is 495 g/mol. The summed E-state index contributed by atoms with van der Waals surface area (Å²) in [6.45, 7) is 0.224. The minimum absolute atomic E-state index is 0.0558. The van der Waals surface area contributed by atoms with Crippen LogP contribution in [0.25, 0.3) is 22.2 Å². The summed E-state index contributed by atoms with van der Waals surface area (Å²) in [6, 6.07) is 13.8. The van der Waals surface area contributed by atoms with Gasteiger partial charge in [-0.2, -0.15) is 17.5 Å². The van der Waals surface area contributed by atoms with E-state index in [0.717, 1.165) is 16.4 Å². The number of alkyl halides is 3. The molecule has 0 saturated carbocycles. The first-order chi connectivity index (χ1) is 17.1. The molecule has 2 aromatic heterocycles. The van der Waals surface area contributed by atoms with Crippen molar-refractivity contribution in [2.75, 3.05) is 6.54 Å². The molecule has 1 aliphatic heterocycles. The topological polar surface area (TPSA) is 93.4 Å². The summed E-state index contributed by atoms with van der Waals surface area (Å²) in [4.78, 5) is 21.1. The SMILES string of the molecule is O=C(CCc1cc(-c2ccc(C(F)(F)F)cc2)ncn1)C1CCN1S(=O)(=O)c1cc2ccccc2o1. The number of hydrogen-bond donors (Lipinski definition) is 0. The molecule has 0 spiro atoms. The van der Waals surface area contributed by atoms with E-state index in [2.05, 4.69) is 9.97 Å². The average molecular weight is 516 g/mol. The largest absolute Gasteiger partial charge is 0.443 e. The van der Waals surface area contributed by atoms with Gasteiger partial charge in [-0.25, -0.2) is 18.4 Å². The minimum Gasteiger partial charge on any atom is -0.443 e. The van der Waals surface area contributed by atoms with E-state index in [1.54, 1.807) is 30.3 Å². The lowest BCUT2D eigenvalue weighted by atomic mass is 9.98. The van der Waals surface area contributed by atoms with E-state index in [9.17, 15) is 26.4 Å². The molecular formula is C25H20F3N3O4S. The fourth-order valence-electron chi connectivity index (χ4n) is 4.11. The normalized spacial score (nSPS) is 16.7. The third kappa shape index (κ3) is 4.63. The third-order valence-electron chi connectivity index (χ3n) is 6.17. The second kappa shape index (κ2) is 9.14. The lowest BCUT2D eigenvalue weighted by molar-refractivity contribution is -0.137. The monoisotopic (exact) mass is 515 g/mol. The Labute approximate surface area is 204 Å². The Morgan fingerprint density at radius 3 is 2.47 bits per heavy atom. The predicted molar refractivity (Wildman–Crippen MR) is 124 cm³/mol. The van der Waals surface area contributed by atoms with Crippen LogP contribution in [0.5, 0.6) is 0 Å². The number of nitrogens with zero attached hydrogens (tertiary/aromatic N) is 3. The van der Waals surface area contributed by atoms with E-state index in [1.165, 1.54) is 24.5 Å². The second-order valence-corrected chi connectivity index (χ2v) is 10.3. The molecule has 7 nitrogen and oxygen atoms in total. The molecule has 1 unspecified atom stereocenters. The molecule has 1 saturated heterocycles. The number of para-hydroxylation sites is 1. The van der Waals surface area contributed by atoms with Gasteiger partial charge in [-0.3, -0.25) is 4.79 Å². The highest BCUT2D eigenvalue weighted by molar-refractivity contribution is 7.89. The number of aryl methyl sites for hydroxylation is 1. The number of furan rings is 1. The molecule has 0 bridgehead atoms. The number of rotatable bonds is 7. The first kappa shape index (κ1) is 24.1. The molecule has 1 fully saturated rings. The van der Waals surface area contributed by atoms with Crippen molar-refractivity contribution in [3.63, 3.8) is 0 Å². The van der Waals surface area contributed by atoms with Gasteiger partial charge < -0.3 is 4.42 Å². The first-order valence-electron chi connectivity index (χ1n) is 11.1. The molecule has 4 aromatic rings. The van der Waals surface area contributed by atoms with Crippen LogP contribution in [0.3, 0.4) is 0 Å². The van der Waals surface area contributed by atoms with Crippen LogP contribution in [-0.4, -0.2) is 41.1 Å². The molecule has 0 radical (unpaired) electrons. The van der Waals surface area contributed by atoms with Crippen molar-refractivity contribution in [2.45, 2.75) is 36.6 Å². The number of Topliss-reactive ketones (excluding diaryl/α,β-unsaturated/α-hetero) is 1. The standard InChI is InChI=1S/C25H20F3N3O4S/c26-25(27,28)18-7-5-16(6-8-18)20-14-19(29-15-30-20)9-10-22(32)21-11-12-31(21)36(33,34)24-13-17-3-1-2-4-23(17)35-24/h1-8,13-15,21H,9-12H2. The first-order valence-corrected chi connectivity index (χ1v) is 12.6. The highest BCUT2D eigenvalue weighted by Gasteiger charge is 2.43. The van der Waals surface area contributed by atoms with Crippen LogP contribution in [0.2, 0.25) is 0 Å². The van der Waals surface area contributed by atoms with Gasteiger partial charge in [0.1, 0.15) is 11.9 Å². The Bertz CT molecular complexity index is 1500. The van der Waals surface area contributed by atoms with Gasteiger partial charge in [0.25, 0.3) is 10.0 Å². The number of aromatic nitrogens is 2. The highest BCUT2D eigenvalue weighted by Crippen LogP contribution is 2.32. The minimum atomic E-state index is -4.43. The summed E-state index contributed by atoms with van der Waals surface area (Å²) in [7, 11) is -3.96. The van der Waals surface area contributed by atoms with Crippen LogP contribution in [0.1, 0.15) is 24.1 Å². The summed E-state index contributed by atoms with van der Waals surface area (Å²) in [5, 5.41) is 0.463. The number of carbonyl (C=O) groups is 1. The van der Waals surface area contributed by atoms with Crippen molar-refractivity contribution >= 4 is 26.8 Å². The molecule has 1 aliphatic rings. The number of hydrogen-bond acceptors (Lipinski definition) is 6. The summed E-state index contributed by atoms with van der Waals surface area (Å²) in [5.41, 5.74) is 1.14. The number of sulfonamides is 1. The number of fused-ring (bicyclic) bond motifs is 1. The van der Waals surface area contributed by atoms with Gasteiger partial charge >= 0.3 is 6.18 Å². The second-order valence-electron chi connectivity index (χ2n) is 8.46. The Morgan fingerprint density at radius 1 is 1.06 bits per heavy atom. The molecule has 0 amide bonds. The van der Waals surface area contributed by atoms with E-state index >= 15 is 0 Å². The maximum atomic E-state index is 13.0. The van der Waals surface area contributed by atoms with E-state index in [1.807, 2.05) is 0 Å². The third-order valence-corrected chi connectivity index (χ3v) is 7.93. The molecule has 0 N–H and O–H groups in total. The zero-order chi connectivity index (χ0) is 25.5. The number of halogens is 3. The van der Waals surface area contributed by atoms with Gasteiger partial charge in [0.2, 0.25) is 5.09 Å². The van der Waals surface area contributed by atoms with Crippen LogP contribution in [0.15, 0.2) is 76.5 Å². The van der Waals surface area contributed by atoms with Gasteiger partial charge in [0.05, 0.1) is 17.3 Å². The van der Waals surface area contributed by atoms with Crippen LogP contribution in [-0.2, 0) is 27.4 Å². The summed E-state index contributed by atoms with van der Waals surface area (Å²) >= 11 is 0.